The number of hydrogen-bond acceptors (Lipinski definition) is 14. The van der Waals surface area contributed by atoms with Crippen LogP contribution in [0.2, 0.25) is 0 Å². The van der Waals surface area contributed by atoms with E-state index in [-0.39, 0.29) is 65.5 Å². The number of aromatic amines is 2. The van der Waals surface area contributed by atoms with Crippen molar-refractivity contribution < 1.29 is 51.9 Å². The predicted molar refractivity (Wildman–Crippen MR) is 297 cm³/mol. The van der Waals surface area contributed by atoms with Gasteiger partial charge in [0.25, 0.3) is 40.5 Å². The summed E-state index contributed by atoms with van der Waals surface area (Å²) in [6.07, 6.45) is 0. The van der Waals surface area contributed by atoms with Gasteiger partial charge in [-0.05, 0) is 93.0 Å². The molecule has 80 heavy (non-hydrogen) atoms. The summed E-state index contributed by atoms with van der Waals surface area (Å²) in [7, 11) is -18.2. The molecule has 0 aliphatic carbocycles. The first-order valence-corrected chi connectivity index (χ1v) is 29.6. The Hall–Kier alpha value is -9.24. The number of nitrogens with one attached hydrogen (secondary N) is 2. The van der Waals surface area contributed by atoms with Gasteiger partial charge in [0.1, 0.15) is 22.6 Å². The molecule has 0 atom stereocenters. The lowest BCUT2D eigenvalue weighted by atomic mass is 9.96. The maximum absolute atomic E-state index is 12.2. The highest BCUT2D eigenvalue weighted by Crippen LogP contribution is 2.45. The van der Waals surface area contributed by atoms with Gasteiger partial charge in [-0.3, -0.25) is 18.2 Å². The van der Waals surface area contributed by atoms with Gasteiger partial charge in [-0.2, -0.15) is 33.7 Å². The third-order valence-corrected chi connectivity index (χ3v) is 17.3. The monoisotopic (exact) mass is 1140 g/mol. The highest BCUT2D eigenvalue weighted by atomic mass is 32.2. The van der Waals surface area contributed by atoms with Crippen LogP contribution in [0.15, 0.2) is 189 Å². The van der Waals surface area contributed by atoms with E-state index >= 15 is 0 Å². The van der Waals surface area contributed by atoms with E-state index in [1.807, 2.05) is 12.1 Å². The van der Waals surface area contributed by atoms with Crippen molar-refractivity contribution in [3.63, 3.8) is 0 Å². The molecule has 8 aromatic carbocycles. The number of H-pyrrole nitrogens is 2. The smallest absolute Gasteiger partial charge is 0.294 e. The molecule has 0 unspecified atom stereocenters. The van der Waals surface area contributed by atoms with E-state index in [2.05, 4.69) is 9.97 Å². The molecule has 8 bridgehead atoms. The molecule has 24 heteroatoms. The van der Waals surface area contributed by atoms with E-state index in [0.717, 1.165) is 0 Å². The van der Waals surface area contributed by atoms with Gasteiger partial charge in [-0.1, -0.05) is 121 Å². The van der Waals surface area contributed by atoms with Crippen LogP contribution >= 0.6 is 0 Å². The fourth-order valence-electron chi connectivity index (χ4n) is 10.2. The fourth-order valence-corrected chi connectivity index (χ4v) is 12.1. The Morgan fingerprint density at radius 2 is 0.537 bits per heavy atom. The van der Waals surface area contributed by atoms with E-state index in [1.54, 1.807) is 84.9 Å². The molecule has 0 fully saturated rings. The van der Waals surface area contributed by atoms with Crippen molar-refractivity contribution in [3.8, 4) is 90.1 Å². The third-order valence-electron chi connectivity index (χ3n) is 13.8. The van der Waals surface area contributed by atoms with E-state index < -0.39 is 40.5 Å². The molecule has 6 N–H and O–H groups in total. The van der Waals surface area contributed by atoms with Crippen LogP contribution in [0.5, 0.6) is 0 Å². The van der Waals surface area contributed by atoms with Gasteiger partial charge in [0.15, 0.2) is 23.3 Å². The molecule has 394 valence electrons. The van der Waals surface area contributed by atoms with Crippen LogP contribution in [-0.4, -0.2) is 91.8 Å². The number of aromatic nitrogens is 8. The zero-order chi connectivity index (χ0) is 55.6. The van der Waals surface area contributed by atoms with Crippen molar-refractivity contribution in [2.75, 3.05) is 0 Å². The van der Waals surface area contributed by atoms with Gasteiger partial charge in [0, 0.05) is 43.8 Å². The minimum atomic E-state index is -4.55. The summed E-state index contributed by atoms with van der Waals surface area (Å²) in [5.41, 5.74) is 7.37. The van der Waals surface area contributed by atoms with E-state index in [0.29, 0.717) is 88.3 Å². The molecule has 3 aromatic heterocycles. The summed E-state index contributed by atoms with van der Waals surface area (Å²) in [6.45, 7) is 0. The summed E-state index contributed by atoms with van der Waals surface area (Å²) in [6, 6.07) is 44.0. The largest absolute Gasteiger partial charge is 0.324 e. The molecule has 5 heterocycles. The lowest BCUT2D eigenvalue weighted by molar-refractivity contribution is 0.481. The minimum Gasteiger partial charge on any atom is -0.324 e. The van der Waals surface area contributed by atoms with Crippen molar-refractivity contribution in [2.24, 2.45) is 0 Å². The van der Waals surface area contributed by atoms with Crippen molar-refractivity contribution in [2.45, 2.75) is 19.6 Å². The number of rotatable bonds is 8. The molecular formula is C56H34N8O12S4. The molecule has 2 aliphatic heterocycles. The van der Waals surface area contributed by atoms with Gasteiger partial charge in [0.05, 0.1) is 19.6 Å². The molecule has 20 nitrogen and oxygen atoms in total. The second-order valence-electron chi connectivity index (χ2n) is 18.5. The molecule has 0 saturated carbocycles. The Bertz CT molecular complexity index is 4830. The maximum Gasteiger partial charge on any atom is 0.294 e. The summed E-state index contributed by atoms with van der Waals surface area (Å²) < 4.78 is 137. The molecule has 11 aromatic rings. The average molecular weight is 1140 g/mol. The van der Waals surface area contributed by atoms with Gasteiger partial charge in [-0.15, -0.1) is 0 Å². The van der Waals surface area contributed by atoms with Crippen molar-refractivity contribution in [3.05, 3.63) is 170 Å². The number of hydrogen-bond donors (Lipinski definition) is 6. The highest BCUT2D eigenvalue weighted by molar-refractivity contribution is 7.86. The molecule has 0 spiro atoms. The average Bonchev–Trinajstić information content (AvgIpc) is 4.25. The second kappa shape index (κ2) is 18.2. The van der Waals surface area contributed by atoms with Crippen LogP contribution in [0.3, 0.4) is 0 Å². The number of fused-ring (bicyclic) bond motifs is 20. The van der Waals surface area contributed by atoms with Gasteiger partial charge < -0.3 is 9.97 Å². The Morgan fingerprint density at radius 1 is 0.275 bits per heavy atom. The van der Waals surface area contributed by atoms with Crippen molar-refractivity contribution >= 4 is 84.6 Å². The van der Waals surface area contributed by atoms with Crippen LogP contribution in [0.25, 0.3) is 134 Å². The first-order valence-electron chi connectivity index (χ1n) is 23.8. The van der Waals surface area contributed by atoms with Crippen LogP contribution < -0.4 is 0 Å². The summed E-state index contributed by atoms with van der Waals surface area (Å²) in [4.78, 5) is 36.7. The first kappa shape index (κ1) is 50.3. The molecular weight excluding hydrogens is 1100 g/mol. The van der Waals surface area contributed by atoms with E-state index in [4.69, 9.17) is 29.9 Å². The quantitative estimate of drug-likeness (QED) is 0.0770. The van der Waals surface area contributed by atoms with Crippen LogP contribution in [0, 0.1) is 0 Å². The lowest BCUT2D eigenvalue weighted by Crippen LogP contribution is -1.97. The molecule has 0 radical (unpaired) electrons. The molecule has 2 aliphatic rings. The van der Waals surface area contributed by atoms with Gasteiger partial charge in [0.2, 0.25) is 0 Å². The maximum atomic E-state index is 12.2. The van der Waals surface area contributed by atoms with E-state index in [9.17, 15) is 51.9 Å². The van der Waals surface area contributed by atoms with Gasteiger partial charge >= 0.3 is 0 Å². The first-order chi connectivity index (χ1) is 38.2. The predicted octanol–water partition coefficient (Wildman–Crippen LogP) is 10.5. The van der Waals surface area contributed by atoms with E-state index in [1.165, 1.54) is 72.8 Å². The fraction of sp³-hybridized carbons (Fsp3) is 0. The number of nitrogens with zero attached hydrogens (tertiary/aromatic N) is 6. The zero-order valence-electron chi connectivity index (χ0n) is 40.5. The Kier molecular flexibility index (Phi) is 11.4. The van der Waals surface area contributed by atoms with Crippen molar-refractivity contribution in [1.82, 2.24) is 39.9 Å². The molecule has 13 rings (SSSR count). The van der Waals surface area contributed by atoms with Crippen LogP contribution in [-0.2, 0) is 40.5 Å². The summed E-state index contributed by atoms with van der Waals surface area (Å²) in [5.74, 6) is 0.652. The Labute approximate surface area is 453 Å². The Balaban J connectivity index is 1.18. The zero-order valence-corrected chi connectivity index (χ0v) is 43.8. The van der Waals surface area contributed by atoms with Crippen LogP contribution in [0.1, 0.15) is 0 Å². The highest BCUT2D eigenvalue weighted by Gasteiger charge is 2.28. The second-order valence-corrected chi connectivity index (χ2v) is 24.2. The topological polar surface area (TPSA) is 326 Å². The van der Waals surface area contributed by atoms with Crippen molar-refractivity contribution in [1.29, 1.82) is 0 Å². The number of benzene rings is 8. The standard InChI is InChI=1S/C56H34N8O12S4/c65-77(66,67)33-21-13-29(14-22-33)37-5-1-9-41-45(37)53-59-49(41)57-50-42-10-2-6-38(30-15-23-34(24-16-30)78(68,69)70)46(42)55(60-50)64-56-48-40(32-19-27-36(28-20-32)80(74,75)76)8-4-12-44(48)52(62-56)58-51-43-11-3-7-39(47(43)54(61-51)63-53)31-17-25-35(26-18-31)79(71,72)73/h1-28H,(H,65,66,67)(H,68,69,70)(H,71,72,73)(H,74,75,76)(H2,57,58,59,60,61,62,63,64). The van der Waals surface area contributed by atoms with Crippen LogP contribution in [0.4, 0.5) is 0 Å². The van der Waals surface area contributed by atoms with Gasteiger partial charge in [-0.25, -0.2) is 29.9 Å². The SMILES string of the molecule is O=S(=O)(O)c1ccc(-c2cccc3c2-c2nc-3nc3[nH]c(nc4nc(nc5[nH]c(n2)c2c(-c6ccc(S(=O)(=O)O)cc6)cccc52)-c2cccc(-c5ccc(S(=O)(=O)O)cc5)c2-4)c2c(-c4ccc(S(=O)(=O)O)cc4)cccc32)cc1. The third kappa shape index (κ3) is 8.68. The summed E-state index contributed by atoms with van der Waals surface area (Å²) in [5, 5.41) is 2.08. The lowest BCUT2D eigenvalue weighted by Gasteiger charge is -2.09. The normalized spacial score (nSPS) is 12.7. The molecule has 0 saturated heterocycles. The summed E-state index contributed by atoms with van der Waals surface area (Å²) >= 11 is 0. The Morgan fingerprint density at radius 3 is 0.850 bits per heavy atom. The molecule has 0 amide bonds. The minimum absolute atomic E-state index is 0.149.